The highest BCUT2D eigenvalue weighted by Crippen LogP contribution is 2.49. The van der Waals surface area contributed by atoms with Gasteiger partial charge in [0.05, 0.1) is 30.2 Å². The summed E-state index contributed by atoms with van der Waals surface area (Å²) in [6.45, 7) is 6.70. The zero-order valence-electron chi connectivity index (χ0n) is 21.3. The molecule has 1 saturated carbocycles. The zero-order chi connectivity index (χ0) is 25.6. The van der Waals surface area contributed by atoms with E-state index in [1.165, 1.54) is 11.3 Å². The molecule has 1 aliphatic carbocycles. The first-order valence-corrected chi connectivity index (χ1v) is 13.2. The number of hydrazine groups is 1. The minimum Gasteiger partial charge on any atom is -0.465 e. The SMILES string of the molecule is CC(C)(C)C1C(c2nc3c(cnn3C3CCCCC3)c(=O)[nH]2)C(C2CCCCN2C(=O)O)N1NC=O. The van der Waals surface area contributed by atoms with Crippen molar-refractivity contribution in [1.29, 1.82) is 0 Å². The van der Waals surface area contributed by atoms with E-state index in [2.05, 4.69) is 36.3 Å². The van der Waals surface area contributed by atoms with Crippen molar-refractivity contribution in [3.8, 4) is 0 Å². The van der Waals surface area contributed by atoms with Crippen molar-refractivity contribution >= 4 is 23.5 Å². The second-order valence-electron chi connectivity index (χ2n) is 11.6. The summed E-state index contributed by atoms with van der Waals surface area (Å²) in [7, 11) is 0. The van der Waals surface area contributed by atoms with Gasteiger partial charge < -0.3 is 15.0 Å². The average molecular weight is 500 g/mol. The molecule has 196 valence electrons. The summed E-state index contributed by atoms with van der Waals surface area (Å²) in [6, 6.07) is -0.626. The third-order valence-electron chi connectivity index (χ3n) is 8.33. The predicted molar refractivity (Wildman–Crippen MR) is 133 cm³/mol. The fourth-order valence-corrected chi connectivity index (χ4v) is 6.79. The second-order valence-corrected chi connectivity index (χ2v) is 11.6. The van der Waals surface area contributed by atoms with Crippen LogP contribution in [0.1, 0.15) is 89.9 Å². The largest absolute Gasteiger partial charge is 0.465 e. The fraction of sp³-hybridized carbons (Fsp3) is 0.720. The third kappa shape index (κ3) is 4.16. The lowest BCUT2D eigenvalue weighted by molar-refractivity contribution is -0.151. The van der Waals surface area contributed by atoms with E-state index in [0.29, 0.717) is 36.2 Å². The summed E-state index contributed by atoms with van der Waals surface area (Å²) in [4.78, 5) is 46.5. The molecular formula is C25H37N7O4. The van der Waals surface area contributed by atoms with Crippen molar-refractivity contribution in [3.05, 3.63) is 22.4 Å². The van der Waals surface area contributed by atoms with E-state index < -0.39 is 6.09 Å². The minimum atomic E-state index is -0.962. The second kappa shape index (κ2) is 9.49. The van der Waals surface area contributed by atoms with Gasteiger partial charge in [-0.2, -0.15) is 5.10 Å². The van der Waals surface area contributed by atoms with Gasteiger partial charge in [0.25, 0.3) is 5.56 Å². The predicted octanol–water partition coefficient (Wildman–Crippen LogP) is 3.00. The fourth-order valence-electron chi connectivity index (χ4n) is 6.79. The van der Waals surface area contributed by atoms with Gasteiger partial charge in [0.15, 0.2) is 5.65 Å². The summed E-state index contributed by atoms with van der Waals surface area (Å²) in [6.07, 6.45) is 9.22. The smallest absolute Gasteiger partial charge is 0.407 e. The molecule has 4 heterocycles. The summed E-state index contributed by atoms with van der Waals surface area (Å²) < 4.78 is 1.92. The monoisotopic (exact) mass is 499 g/mol. The van der Waals surface area contributed by atoms with Gasteiger partial charge in [0, 0.05) is 12.6 Å². The van der Waals surface area contributed by atoms with Crippen LogP contribution < -0.4 is 11.0 Å². The number of carboxylic acid groups (broad SMARTS) is 1. The normalized spacial score (nSPS) is 28.1. The standard InChI is InChI=1S/C25H37N7O4/c1-25(2,3)20-18(19(32(20)27-14-33)17-11-7-8-12-30(17)24(35)36)21-28-22-16(23(34)29-21)13-26-31(22)15-9-5-4-6-10-15/h13-15,17-20H,4-12H2,1-3H3,(H,27,33)(H,35,36)(H,28,29,34). The first-order chi connectivity index (χ1) is 17.2. The molecule has 4 unspecified atom stereocenters. The number of carbonyl (C=O) groups is 2. The number of aromatic nitrogens is 4. The van der Waals surface area contributed by atoms with Gasteiger partial charge in [0.2, 0.25) is 6.41 Å². The summed E-state index contributed by atoms with van der Waals surface area (Å²) in [5.74, 6) is 0.268. The van der Waals surface area contributed by atoms with E-state index in [4.69, 9.17) is 4.98 Å². The first-order valence-electron chi connectivity index (χ1n) is 13.2. The molecule has 2 aliphatic heterocycles. The van der Waals surface area contributed by atoms with Crippen LogP contribution in [0.25, 0.3) is 11.0 Å². The maximum absolute atomic E-state index is 13.2. The number of rotatable bonds is 5. The lowest BCUT2D eigenvalue weighted by Crippen LogP contribution is -2.76. The van der Waals surface area contributed by atoms with Gasteiger partial charge in [-0.05, 0) is 37.5 Å². The molecule has 3 aliphatic rings. The molecule has 11 nitrogen and oxygen atoms in total. The van der Waals surface area contributed by atoms with Crippen LogP contribution in [0.15, 0.2) is 11.0 Å². The van der Waals surface area contributed by atoms with E-state index in [9.17, 15) is 19.5 Å². The average Bonchev–Trinajstić information content (AvgIpc) is 3.26. The van der Waals surface area contributed by atoms with Crippen LogP contribution in [0.3, 0.4) is 0 Å². The molecule has 0 radical (unpaired) electrons. The molecule has 2 amide bonds. The number of aromatic amines is 1. The molecule has 3 fully saturated rings. The molecule has 0 bridgehead atoms. The molecule has 2 aromatic heterocycles. The van der Waals surface area contributed by atoms with E-state index in [1.807, 2.05) is 9.69 Å². The van der Waals surface area contributed by atoms with E-state index >= 15 is 0 Å². The molecule has 2 aromatic rings. The lowest BCUT2D eigenvalue weighted by Gasteiger charge is -2.61. The lowest BCUT2D eigenvalue weighted by atomic mass is 9.65. The zero-order valence-corrected chi connectivity index (χ0v) is 21.3. The molecule has 3 N–H and O–H groups in total. The molecule has 0 spiro atoms. The Kier molecular flexibility index (Phi) is 6.52. The number of nitrogens with one attached hydrogen (secondary N) is 2. The van der Waals surface area contributed by atoms with E-state index in [-0.39, 0.29) is 41.1 Å². The Morgan fingerprint density at radius 1 is 1.17 bits per heavy atom. The molecule has 5 rings (SSSR count). The highest BCUT2D eigenvalue weighted by Gasteiger charge is 2.59. The topological polar surface area (TPSA) is 136 Å². The summed E-state index contributed by atoms with van der Waals surface area (Å²) in [5, 5.41) is 16.9. The van der Waals surface area contributed by atoms with Crippen LogP contribution in [0.5, 0.6) is 0 Å². The van der Waals surface area contributed by atoms with Crippen LogP contribution >= 0.6 is 0 Å². The maximum Gasteiger partial charge on any atom is 0.407 e. The Morgan fingerprint density at radius 2 is 1.89 bits per heavy atom. The molecule has 0 aromatic carbocycles. The number of H-pyrrole nitrogens is 1. The van der Waals surface area contributed by atoms with E-state index in [1.54, 1.807) is 6.20 Å². The van der Waals surface area contributed by atoms with E-state index in [0.717, 1.165) is 38.5 Å². The van der Waals surface area contributed by atoms with Crippen molar-refractivity contribution in [3.63, 3.8) is 0 Å². The molecule has 36 heavy (non-hydrogen) atoms. The molecular weight excluding hydrogens is 462 g/mol. The summed E-state index contributed by atoms with van der Waals surface area (Å²) >= 11 is 0. The number of hydrogen-bond acceptors (Lipinski definition) is 6. The molecule has 4 atom stereocenters. The minimum absolute atomic E-state index is 0.183. The number of likely N-dealkylation sites (tertiary alicyclic amines) is 1. The molecule has 11 heteroatoms. The van der Waals surface area contributed by atoms with Gasteiger partial charge in [-0.1, -0.05) is 40.0 Å². The Labute approximate surface area is 210 Å². The van der Waals surface area contributed by atoms with Crippen molar-refractivity contribution in [2.24, 2.45) is 5.41 Å². The first kappa shape index (κ1) is 24.7. The number of carbonyl (C=O) groups excluding carboxylic acids is 1. The Bertz CT molecular complexity index is 1180. The number of nitrogens with zero attached hydrogens (tertiary/aromatic N) is 5. The molecule has 2 saturated heterocycles. The number of hydrogen-bond donors (Lipinski definition) is 3. The number of amides is 2. The Morgan fingerprint density at radius 3 is 2.56 bits per heavy atom. The third-order valence-corrected chi connectivity index (χ3v) is 8.33. The number of piperidine rings is 1. The van der Waals surface area contributed by atoms with Crippen LogP contribution in [0.4, 0.5) is 4.79 Å². The highest BCUT2D eigenvalue weighted by molar-refractivity contribution is 5.73. The van der Waals surface area contributed by atoms with Crippen LogP contribution in [-0.4, -0.2) is 71.9 Å². The van der Waals surface area contributed by atoms with Gasteiger partial charge in [-0.25, -0.2) is 19.5 Å². The van der Waals surface area contributed by atoms with Crippen LogP contribution in [0.2, 0.25) is 0 Å². The number of fused-ring (bicyclic) bond motifs is 1. The maximum atomic E-state index is 13.2. The van der Waals surface area contributed by atoms with Gasteiger partial charge >= 0.3 is 6.09 Å². The van der Waals surface area contributed by atoms with Crippen molar-refractivity contribution < 1.29 is 14.7 Å². The Balaban J connectivity index is 1.61. The van der Waals surface area contributed by atoms with Gasteiger partial charge in [0.1, 0.15) is 11.2 Å². The van der Waals surface area contributed by atoms with Crippen LogP contribution in [-0.2, 0) is 4.79 Å². The van der Waals surface area contributed by atoms with Crippen molar-refractivity contribution in [2.75, 3.05) is 6.54 Å². The Hall–Kier alpha value is -2.95. The highest BCUT2D eigenvalue weighted by atomic mass is 16.4. The quantitative estimate of drug-likeness (QED) is 0.538. The van der Waals surface area contributed by atoms with Crippen LogP contribution in [0, 0.1) is 5.41 Å². The summed E-state index contributed by atoms with van der Waals surface area (Å²) in [5.41, 5.74) is 2.93. The van der Waals surface area contributed by atoms with Crippen molar-refractivity contribution in [2.45, 2.75) is 102 Å². The van der Waals surface area contributed by atoms with Crippen molar-refractivity contribution in [1.82, 2.24) is 35.1 Å². The van der Waals surface area contributed by atoms with Gasteiger partial charge in [-0.15, -0.1) is 0 Å². The van der Waals surface area contributed by atoms with Gasteiger partial charge in [-0.3, -0.25) is 15.0 Å².